The molecule has 0 bridgehead atoms. The summed E-state index contributed by atoms with van der Waals surface area (Å²) in [6.45, 7) is 12.6. The second-order valence-corrected chi connectivity index (χ2v) is 14.4. The molecule has 2 atom stereocenters. The quantitative estimate of drug-likeness (QED) is 0.150. The van der Waals surface area contributed by atoms with E-state index in [1.807, 2.05) is 18.2 Å². The predicted octanol–water partition coefficient (Wildman–Crippen LogP) is 6.86. The number of amides is 1. The SMILES string of the molecule is COc1nc(OCc2cccc(-c3cccc(COc4ccc(CN5CCCC(C(N)=O)C5)c(OC)n4)c3C)c2C)ccc1CN1CCCC(C)C1. The second kappa shape index (κ2) is 17.2. The van der Waals surface area contributed by atoms with Crippen molar-refractivity contribution in [3.05, 3.63) is 94.0 Å². The van der Waals surface area contributed by atoms with E-state index in [0.29, 0.717) is 49.8 Å². The Bertz CT molecular complexity index is 1850. The van der Waals surface area contributed by atoms with Crippen molar-refractivity contribution in [1.82, 2.24) is 19.8 Å². The maximum atomic E-state index is 11.7. The summed E-state index contributed by atoms with van der Waals surface area (Å²) < 4.78 is 23.8. The van der Waals surface area contributed by atoms with Gasteiger partial charge in [0.15, 0.2) is 0 Å². The summed E-state index contributed by atoms with van der Waals surface area (Å²) in [5.41, 5.74) is 14.4. The van der Waals surface area contributed by atoms with Crippen LogP contribution >= 0.6 is 0 Å². The van der Waals surface area contributed by atoms with Crippen molar-refractivity contribution in [2.45, 2.75) is 72.8 Å². The first-order chi connectivity index (χ1) is 25.2. The number of rotatable bonds is 14. The molecule has 0 radical (unpaired) electrons. The molecular weight excluding hydrogens is 654 g/mol. The lowest BCUT2D eigenvalue weighted by Crippen LogP contribution is -2.40. The van der Waals surface area contributed by atoms with Crippen molar-refractivity contribution in [1.29, 1.82) is 0 Å². The van der Waals surface area contributed by atoms with E-state index in [2.05, 4.69) is 78.0 Å². The predicted molar refractivity (Wildman–Crippen MR) is 202 cm³/mol. The van der Waals surface area contributed by atoms with Gasteiger partial charge in [0.1, 0.15) is 13.2 Å². The minimum atomic E-state index is -0.233. The molecule has 2 aromatic heterocycles. The first-order valence-corrected chi connectivity index (χ1v) is 18.5. The number of piperidine rings is 2. The third-order valence-electron chi connectivity index (χ3n) is 10.6. The number of hydrogen-bond donors (Lipinski definition) is 1. The summed E-state index contributed by atoms with van der Waals surface area (Å²) in [6.07, 6.45) is 4.32. The van der Waals surface area contributed by atoms with Crippen molar-refractivity contribution in [2.75, 3.05) is 40.4 Å². The van der Waals surface area contributed by atoms with Gasteiger partial charge in [-0.25, -0.2) is 0 Å². The molecule has 2 N–H and O–H groups in total. The molecule has 2 saturated heterocycles. The highest BCUT2D eigenvalue weighted by Crippen LogP contribution is 2.32. The zero-order valence-electron chi connectivity index (χ0n) is 31.3. The molecule has 0 saturated carbocycles. The average molecular weight is 708 g/mol. The highest BCUT2D eigenvalue weighted by Gasteiger charge is 2.25. The minimum Gasteiger partial charge on any atom is -0.481 e. The smallest absolute Gasteiger partial charge is 0.221 e. The van der Waals surface area contributed by atoms with Gasteiger partial charge in [-0.1, -0.05) is 43.3 Å². The van der Waals surface area contributed by atoms with E-state index in [9.17, 15) is 4.79 Å². The fraction of sp³-hybridized carbons (Fsp3) is 0.452. The highest BCUT2D eigenvalue weighted by atomic mass is 16.5. The van der Waals surface area contributed by atoms with Crippen LogP contribution in [0.25, 0.3) is 11.1 Å². The number of likely N-dealkylation sites (tertiary alicyclic amines) is 2. The first kappa shape index (κ1) is 37.1. The van der Waals surface area contributed by atoms with E-state index in [4.69, 9.17) is 29.7 Å². The van der Waals surface area contributed by atoms with E-state index < -0.39 is 0 Å². The van der Waals surface area contributed by atoms with E-state index in [1.54, 1.807) is 14.2 Å². The monoisotopic (exact) mass is 707 g/mol. The van der Waals surface area contributed by atoms with E-state index in [1.165, 1.54) is 12.8 Å². The Morgan fingerprint density at radius 3 is 1.69 bits per heavy atom. The van der Waals surface area contributed by atoms with Crippen LogP contribution in [0.15, 0.2) is 60.7 Å². The third-order valence-corrected chi connectivity index (χ3v) is 10.6. The van der Waals surface area contributed by atoms with Crippen LogP contribution in [0.3, 0.4) is 0 Å². The minimum absolute atomic E-state index is 0.114. The Morgan fingerprint density at radius 1 is 0.712 bits per heavy atom. The van der Waals surface area contributed by atoms with Crippen LogP contribution in [-0.4, -0.2) is 66.1 Å². The number of nitrogens with two attached hydrogens (primary N) is 1. The van der Waals surface area contributed by atoms with E-state index >= 15 is 0 Å². The van der Waals surface area contributed by atoms with Gasteiger partial charge < -0.3 is 24.7 Å². The van der Waals surface area contributed by atoms with Gasteiger partial charge in [0.05, 0.1) is 20.1 Å². The van der Waals surface area contributed by atoms with Crippen molar-refractivity contribution in [3.8, 4) is 34.6 Å². The largest absolute Gasteiger partial charge is 0.481 e. The molecule has 2 aliphatic heterocycles. The average Bonchev–Trinajstić information content (AvgIpc) is 3.15. The summed E-state index contributed by atoms with van der Waals surface area (Å²) in [6, 6.07) is 20.6. The van der Waals surface area contributed by atoms with Crippen molar-refractivity contribution in [3.63, 3.8) is 0 Å². The maximum absolute atomic E-state index is 11.7. The van der Waals surface area contributed by atoms with Gasteiger partial charge in [-0.05, 0) is 104 Å². The molecule has 4 aromatic rings. The van der Waals surface area contributed by atoms with Crippen LogP contribution in [0.5, 0.6) is 23.5 Å². The number of carbonyl (C=O) groups excluding carboxylic acids is 1. The van der Waals surface area contributed by atoms with Gasteiger partial charge in [0.2, 0.25) is 29.4 Å². The third kappa shape index (κ3) is 9.03. The van der Waals surface area contributed by atoms with Crippen molar-refractivity contribution < 1.29 is 23.7 Å². The second-order valence-electron chi connectivity index (χ2n) is 14.4. The van der Waals surface area contributed by atoms with Gasteiger partial charge in [-0.3, -0.25) is 14.6 Å². The van der Waals surface area contributed by atoms with Gasteiger partial charge in [0, 0.05) is 49.4 Å². The molecule has 2 unspecified atom stereocenters. The highest BCUT2D eigenvalue weighted by molar-refractivity contribution is 5.77. The van der Waals surface area contributed by atoms with Crippen LogP contribution in [0, 0.1) is 25.7 Å². The Balaban J connectivity index is 1.10. The number of primary amides is 1. The number of ether oxygens (including phenoxy) is 4. The number of hydrogen-bond acceptors (Lipinski definition) is 9. The van der Waals surface area contributed by atoms with Crippen LogP contribution in [0.1, 0.15) is 66.0 Å². The zero-order chi connectivity index (χ0) is 36.6. The lowest BCUT2D eigenvalue weighted by Gasteiger charge is -2.31. The number of aromatic nitrogens is 2. The first-order valence-electron chi connectivity index (χ1n) is 18.5. The molecule has 10 heteroatoms. The molecule has 2 aromatic carbocycles. The normalized spacial score (nSPS) is 18.2. The Labute approximate surface area is 308 Å². The maximum Gasteiger partial charge on any atom is 0.221 e. The summed E-state index contributed by atoms with van der Waals surface area (Å²) in [5.74, 6) is 2.56. The number of nitrogens with zero attached hydrogens (tertiary/aromatic N) is 4. The molecule has 0 aliphatic carbocycles. The van der Waals surface area contributed by atoms with Crippen LogP contribution in [-0.2, 0) is 31.1 Å². The molecule has 1 amide bonds. The van der Waals surface area contributed by atoms with E-state index in [-0.39, 0.29) is 11.8 Å². The molecule has 4 heterocycles. The summed E-state index contributed by atoms with van der Waals surface area (Å²) in [4.78, 5) is 25.8. The zero-order valence-corrected chi connectivity index (χ0v) is 31.3. The molecule has 52 heavy (non-hydrogen) atoms. The van der Waals surface area contributed by atoms with Crippen LogP contribution in [0.4, 0.5) is 0 Å². The summed E-state index contributed by atoms with van der Waals surface area (Å²) in [7, 11) is 3.29. The number of benzene rings is 2. The Hall–Kier alpha value is -4.67. The molecular formula is C42H53N5O5. The molecule has 6 rings (SSSR count). The fourth-order valence-corrected chi connectivity index (χ4v) is 7.57. The molecule has 276 valence electrons. The van der Waals surface area contributed by atoms with Crippen LogP contribution < -0.4 is 24.7 Å². The van der Waals surface area contributed by atoms with Crippen molar-refractivity contribution in [2.24, 2.45) is 17.6 Å². The standard InChI is InChI=1S/C42H53N5O5/c1-28-10-8-20-46(22-28)24-32-16-18-38(44-41(32)49-4)51-26-34-11-6-14-36(29(34)2)37-15-7-12-35(30(37)3)27-52-39-19-17-33(42(45-39)50-5)25-47-21-9-13-31(23-47)40(43)48/h6-7,11-12,14-19,28,31H,8-10,13,20-27H2,1-5H3,(H2,43,48). The molecule has 2 fully saturated rings. The van der Waals surface area contributed by atoms with Crippen LogP contribution in [0.2, 0.25) is 0 Å². The number of pyridine rings is 2. The topological polar surface area (TPSA) is 112 Å². The summed E-state index contributed by atoms with van der Waals surface area (Å²) in [5, 5.41) is 0. The Morgan fingerprint density at radius 2 is 1.21 bits per heavy atom. The number of methoxy groups -OCH3 is 2. The van der Waals surface area contributed by atoms with Gasteiger partial charge in [-0.2, -0.15) is 9.97 Å². The lowest BCUT2D eigenvalue weighted by molar-refractivity contribution is -0.123. The molecule has 10 nitrogen and oxygen atoms in total. The molecule has 0 spiro atoms. The van der Waals surface area contributed by atoms with Gasteiger partial charge in [0.25, 0.3) is 0 Å². The van der Waals surface area contributed by atoms with Gasteiger partial charge >= 0.3 is 0 Å². The van der Waals surface area contributed by atoms with Crippen molar-refractivity contribution >= 4 is 5.91 Å². The Kier molecular flexibility index (Phi) is 12.3. The van der Waals surface area contributed by atoms with E-state index in [0.717, 1.165) is 89.4 Å². The number of carbonyl (C=O) groups is 1. The summed E-state index contributed by atoms with van der Waals surface area (Å²) >= 11 is 0. The molecule has 2 aliphatic rings. The lowest BCUT2D eigenvalue weighted by atomic mass is 9.92. The fourth-order valence-electron chi connectivity index (χ4n) is 7.57. The van der Waals surface area contributed by atoms with Gasteiger partial charge in [-0.15, -0.1) is 0 Å².